The van der Waals surface area contributed by atoms with Crippen molar-refractivity contribution in [2.45, 2.75) is 22.5 Å². The summed E-state index contributed by atoms with van der Waals surface area (Å²) in [6.45, 7) is 2.62. The lowest BCUT2D eigenvalue weighted by Gasteiger charge is -2.36. The fraction of sp³-hybridized carbons (Fsp3) is 0.480. The van der Waals surface area contributed by atoms with Crippen molar-refractivity contribution in [1.82, 2.24) is 9.80 Å². The lowest BCUT2D eigenvalue weighted by molar-refractivity contribution is -0.143. The predicted molar refractivity (Wildman–Crippen MR) is 130 cm³/mol. The van der Waals surface area contributed by atoms with Gasteiger partial charge >= 0.3 is 0 Å². The van der Waals surface area contributed by atoms with Crippen LogP contribution in [0, 0.1) is 11.8 Å². The minimum absolute atomic E-state index is 0.0433. The summed E-state index contributed by atoms with van der Waals surface area (Å²) >= 11 is 1.54. The van der Waals surface area contributed by atoms with Crippen molar-refractivity contribution in [3.63, 3.8) is 0 Å². The molecule has 1 spiro atoms. The van der Waals surface area contributed by atoms with Gasteiger partial charge in [-0.3, -0.25) is 14.4 Å². The molecule has 0 bridgehead atoms. The molecule has 1 N–H and O–H groups in total. The standard InChI is InChI=1S/C25H29N3O5S/c1-24-10-4-12-26(2)21(30)18(24)19-22(31)28(14-15-29)20-23(32)27(13-5-11-25(19,20)34-24)16-6-8-17(33-3)9-7-16/h4-11,18-20,29H,12-15H2,1-3H3/t18-,19-,20?,24+,25-/m0/s1. The van der Waals surface area contributed by atoms with Crippen molar-refractivity contribution in [3.05, 3.63) is 48.6 Å². The van der Waals surface area contributed by atoms with Gasteiger partial charge in [-0.15, -0.1) is 11.8 Å². The van der Waals surface area contributed by atoms with Crippen LogP contribution < -0.4 is 9.64 Å². The molecule has 0 aromatic heterocycles. The molecule has 1 aromatic rings. The highest BCUT2D eigenvalue weighted by molar-refractivity contribution is 8.02. The van der Waals surface area contributed by atoms with Gasteiger partial charge in [-0.2, -0.15) is 0 Å². The number of carbonyl (C=O) groups is 3. The number of fused-ring (bicyclic) bond motifs is 2. The van der Waals surface area contributed by atoms with Crippen LogP contribution >= 0.6 is 11.8 Å². The predicted octanol–water partition coefficient (Wildman–Crippen LogP) is 1.31. The van der Waals surface area contributed by atoms with Gasteiger partial charge in [0.05, 0.1) is 30.3 Å². The number of carbonyl (C=O) groups excluding carboxylic acids is 3. The van der Waals surface area contributed by atoms with E-state index in [0.717, 1.165) is 0 Å². The first-order valence-corrected chi connectivity index (χ1v) is 12.3. The van der Waals surface area contributed by atoms with Gasteiger partial charge in [-0.1, -0.05) is 24.3 Å². The maximum absolute atomic E-state index is 14.1. The van der Waals surface area contributed by atoms with Gasteiger partial charge in [-0.05, 0) is 31.2 Å². The summed E-state index contributed by atoms with van der Waals surface area (Å²) in [4.78, 5) is 46.3. The van der Waals surface area contributed by atoms with E-state index in [1.807, 2.05) is 43.4 Å². The minimum Gasteiger partial charge on any atom is -0.497 e. The Balaban J connectivity index is 1.62. The third-order valence-electron chi connectivity index (χ3n) is 7.48. The molecule has 34 heavy (non-hydrogen) atoms. The molecule has 5 rings (SSSR count). The molecule has 0 aliphatic carbocycles. The molecule has 2 saturated heterocycles. The third-order valence-corrected chi connectivity index (χ3v) is 9.28. The summed E-state index contributed by atoms with van der Waals surface area (Å²) in [7, 11) is 3.33. The maximum atomic E-state index is 14.1. The molecular weight excluding hydrogens is 454 g/mol. The quantitative estimate of drug-likeness (QED) is 0.650. The normalized spacial score (nSPS) is 34.6. The molecule has 3 amide bonds. The molecule has 8 nitrogen and oxygen atoms in total. The Morgan fingerprint density at radius 1 is 1.03 bits per heavy atom. The van der Waals surface area contributed by atoms with Gasteiger partial charge in [0.15, 0.2) is 0 Å². The Labute approximate surface area is 203 Å². The molecule has 1 unspecified atom stereocenters. The van der Waals surface area contributed by atoms with Crippen molar-refractivity contribution in [2.75, 3.05) is 45.3 Å². The van der Waals surface area contributed by atoms with Crippen LogP contribution in [0.5, 0.6) is 5.75 Å². The number of rotatable bonds is 4. The monoisotopic (exact) mass is 483 g/mol. The van der Waals surface area contributed by atoms with Crippen LogP contribution in [0.1, 0.15) is 6.92 Å². The molecule has 2 fully saturated rings. The molecule has 4 heterocycles. The summed E-state index contributed by atoms with van der Waals surface area (Å²) in [6, 6.07) is 6.41. The number of hydrogen-bond acceptors (Lipinski definition) is 6. The summed E-state index contributed by atoms with van der Waals surface area (Å²) in [5, 5.41) is 9.77. The first-order valence-electron chi connectivity index (χ1n) is 11.4. The van der Waals surface area contributed by atoms with Gasteiger partial charge in [0.1, 0.15) is 11.8 Å². The summed E-state index contributed by atoms with van der Waals surface area (Å²) in [5.74, 6) is -1.14. The van der Waals surface area contributed by atoms with Crippen LogP contribution in [0.15, 0.2) is 48.6 Å². The number of likely N-dealkylation sites (N-methyl/N-ethyl adjacent to an activating group) is 1. The lowest BCUT2D eigenvalue weighted by atomic mass is 9.74. The van der Waals surface area contributed by atoms with E-state index in [0.29, 0.717) is 24.5 Å². The van der Waals surface area contributed by atoms with Gasteiger partial charge < -0.3 is 24.5 Å². The van der Waals surface area contributed by atoms with E-state index in [1.165, 1.54) is 16.7 Å². The second kappa shape index (κ2) is 8.16. The summed E-state index contributed by atoms with van der Waals surface area (Å²) < 4.78 is 3.73. The number of hydrogen-bond donors (Lipinski definition) is 1. The average molecular weight is 484 g/mol. The maximum Gasteiger partial charge on any atom is 0.251 e. The van der Waals surface area contributed by atoms with E-state index in [2.05, 4.69) is 0 Å². The van der Waals surface area contributed by atoms with Crippen molar-refractivity contribution in [2.24, 2.45) is 11.8 Å². The third kappa shape index (κ3) is 3.13. The molecule has 0 saturated carbocycles. The Bertz CT molecular complexity index is 1090. The number of ether oxygens (including phenoxy) is 1. The molecule has 0 radical (unpaired) electrons. The van der Waals surface area contributed by atoms with E-state index in [9.17, 15) is 19.5 Å². The van der Waals surface area contributed by atoms with Gasteiger partial charge in [-0.25, -0.2) is 0 Å². The lowest BCUT2D eigenvalue weighted by Crippen LogP contribution is -2.54. The molecule has 9 heteroatoms. The largest absolute Gasteiger partial charge is 0.497 e. The van der Waals surface area contributed by atoms with Crippen LogP contribution in [0.2, 0.25) is 0 Å². The number of benzene rings is 1. The number of anilines is 1. The fourth-order valence-corrected chi connectivity index (χ4v) is 8.14. The number of β-amino-alcohol motifs (C(OH)–C–C–N with tert-alkyl or cyclic N) is 1. The topological polar surface area (TPSA) is 90.4 Å². The zero-order valence-electron chi connectivity index (χ0n) is 19.5. The van der Waals surface area contributed by atoms with E-state index < -0.39 is 27.4 Å². The van der Waals surface area contributed by atoms with E-state index in [4.69, 9.17) is 4.74 Å². The average Bonchev–Trinajstić information content (AvgIpc) is 3.09. The molecule has 5 atom stereocenters. The minimum atomic E-state index is -0.901. The smallest absolute Gasteiger partial charge is 0.251 e. The van der Waals surface area contributed by atoms with Crippen LogP contribution in [-0.2, 0) is 14.4 Å². The van der Waals surface area contributed by atoms with Gasteiger partial charge in [0.2, 0.25) is 11.8 Å². The highest BCUT2D eigenvalue weighted by Gasteiger charge is 2.73. The zero-order valence-corrected chi connectivity index (χ0v) is 20.3. The first-order chi connectivity index (χ1) is 16.3. The van der Waals surface area contributed by atoms with Crippen LogP contribution in [0.3, 0.4) is 0 Å². The van der Waals surface area contributed by atoms with E-state index in [1.54, 1.807) is 36.1 Å². The number of aliphatic hydroxyl groups excluding tert-OH is 1. The Hall–Kier alpha value is -2.78. The number of amides is 3. The molecular formula is C25H29N3O5S. The van der Waals surface area contributed by atoms with Crippen LogP contribution in [0.4, 0.5) is 5.69 Å². The number of thioether (sulfide) groups is 1. The van der Waals surface area contributed by atoms with Crippen molar-refractivity contribution < 1.29 is 24.2 Å². The highest BCUT2D eigenvalue weighted by atomic mass is 32.2. The Morgan fingerprint density at radius 2 is 1.74 bits per heavy atom. The van der Waals surface area contributed by atoms with Crippen LogP contribution in [0.25, 0.3) is 0 Å². The van der Waals surface area contributed by atoms with Crippen molar-refractivity contribution >= 4 is 35.2 Å². The molecule has 4 aliphatic rings. The first kappa shape index (κ1) is 23.0. The van der Waals surface area contributed by atoms with Crippen molar-refractivity contribution in [1.29, 1.82) is 0 Å². The number of nitrogens with zero attached hydrogens (tertiary/aromatic N) is 3. The number of methoxy groups -OCH3 is 1. The SMILES string of the molecule is COc1ccc(N2CC=C[C@]34S[C@]5(C)C=CCN(C)C(=O)[C@@H]5[C@H]3C(=O)N(CCO)C4C2=O)cc1. The fourth-order valence-electron chi connectivity index (χ4n) is 5.98. The molecule has 180 valence electrons. The second-order valence-electron chi connectivity index (χ2n) is 9.42. The second-order valence-corrected chi connectivity index (χ2v) is 11.2. The molecule has 4 aliphatic heterocycles. The van der Waals surface area contributed by atoms with E-state index in [-0.39, 0.29) is 30.9 Å². The van der Waals surface area contributed by atoms with Gasteiger partial charge in [0, 0.05) is 37.1 Å². The zero-order chi connectivity index (χ0) is 24.3. The highest BCUT2D eigenvalue weighted by Crippen LogP contribution is 2.65. The van der Waals surface area contributed by atoms with Crippen molar-refractivity contribution in [3.8, 4) is 5.75 Å². The van der Waals surface area contributed by atoms with Crippen LogP contribution in [-0.4, -0.2) is 88.6 Å². The summed E-state index contributed by atoms with van der Waals surface area (Å²) in [6.07, 6.45) is 7.91. The van der Waals surface area contributed by atoms with Gasteiger partial charge in [0.25, 0.3) is 5.91 Å². The Morgan fingerprint density at radius 3 is 2.41 bits per heavy atom. The summed E-state index contributed by atoms with van der Waals surface area (Å²) in [5.41, 5.74) is 0.700. The van der Waals surface area contributed by atoms with E-state index >= 15 is 0 Å². The number of likely N-dealkylation sites (tertiary alicyclic amines) is 1. The Kier molecular flexibility index (Phi) is 5.52. The number of aliphatic hydroxyl groups is 1. The molecule has 1 aromatic carbocycles.